The van der Waals surface area contributed by atoms with E-state index in [4.69, 9.17) is 26.3 Å². The first-order valence-corrected chi connectivity index (χ1v) is 10.6. The Labute approximate surface area is 188 Å². The normalized spacial score (nSPS) is 11.9. The predicted molar refractivity (Wildman–Crippen MR) is 119 cm³/mol. The Morgan fingerprint density at radius 2 is 2.03 bits per heavy atom. The third kappa shape index (κ3) is 3.88. The molecule has 0 unspecified atom stereocenters. The van der Waals surface area contributed by atoms with Crippen molar-refractivity contribution in [3.63, 3.8) is 0 Å². The third-order valence-corrected chi connectivity index (χ3v) is 6.57. The molecule has 0 N–H and O–H groups in total. The van der Waals surface area contributed by atoms with E-state index in [9.17, 15) is 9.59 Å². The minimum absolute atomic E-state index is 0.184. The van der Waals surface area contributed by atoms with Gasteiger partial charge in [0.25, 0.3) is 5.91 Å². The van der Waals surface area contributed by atoms with Crippen molar-refractivity contribution in [3.05, 3.63) is 69.1 Å². The first-order chi connectivity index (χ1) is 14.9. The lowest BCUT2D eigenvalue weighted by molar-refractivity contribution is 0.0601. The fourth-order valence-electron chi connectivity index (χ4n) is 3.39. The van der Waals surface area contributed by atoms with Crippen molar-refractivity contribution in [2.45, 2.75) is 6.42 Å². The summed E-state index contributed by atoms with van der Waals surface area (Å²) in [5.74, 6) is -0.0683. The molecular weight excluding hydrogens is 436 g/mol. The van der Waals surface area contributed by atoms with Crippen LogP contribution in [0.25, 0.3) is 10.4 Å². The van der Waals surface area contributed by atoms with Crippen molar-refractivity contribution in [3.8, 4) is 22.3 Å². The van der Waals surface area contributed by atoms with E-state index >= 15 is 0 Å². The summed E-state index contributed by atoms with van der Waals surface area (Å²) in [6.45, 7) is 0.472. The predicted octanol–water partition coefficient (Wildman–Crippen LogP) is 4.94. The number of halogens is 1. The molecule has 2 heterocycles. The Hall–Kier alpha value is -3.34. The van der Waals surface area contributed by atoms with Gasteiger partial charge >= 0.3 is 5.97 Å². The van der Waals surface area contributed by atoms with Gasteiger partial charge in [-0.3, -0.25) is 4.79 Å². The zero-order valence-corrected chi connectivity index (χ0v) is 18.3. The van der Waals surface area contributed by atoms with Gasteiger partial charge in [-0.15, -0.1) is 11.3 Å². The number of nitriles is 1. The number of benzene rings is 2. The van der Waals surface area contributed by atoms with Gasteiger partial charge in [0, 0.05) is 29.6 Å². The lowest BCUT2D eigenvalue weighted by atomic mass is 10.1. The van der Waals surface area contributed by atoms with Gasteiger partial charge in [0.2, 0.25) is 0 Å². The first kappa shape index (κ1) is 20.9. The van der Waals surface area contributed by atoms with Gasteiger partial charge in [-0.1, -0.05) is 11.6 Å². The van der Waals surface area contributed by atoms with E-state index in [0.29, 0.717) is 34.9 Å². The number of esters is 1. The summed E-state index contributed by atoms with van der Waals surface area (Å²) in [6.07, 6.45) is 0.666. The highest BCUT2D eigenvalue weighted by molar-refractivity contribution is 7.17. The number of carbonyl (C=O) groups is 2. The summed E-state index contributed by atoms with van der Waals surface area (Å²) < 4.78 is 10.5. The highest BCUT2D eigenvalue weighted by Gasteiger charge is 2.24. The molecule has 6 nitrogen and oxygen atoms in total. The molecule has 0 radical (unpaired) electrons. The van der Waals surface area contributed by atoms with Crippen LogP contribution in [0.1, 0.15) is 31.2 Å². The number of hydrogen-bond acceptors (Lipinski definition) is 6. The minimum Gasteiger partial charge on any atom is -0.493 e. The zero-order chi connectivity index (χ0) is 22.1. The van der Waals surface area contributed by atoms with Crippen molar-refractivity contribution in [2.24, 2.45) is 0 Å². The second kappa shape index (κ2) is 8.42. The Morgan fingerprint density at radius 1 is 1.23 bits per heavy atom. The molecule has 0 saturated carbocycles. The van der Waals surface area contributed by atoms with Crippen LogP contribution in [0.4, 0.5) is 5.69 Å². The summed E-state index contributed by atoms with van der Waals surface area (Å²) >= 11 is 7.60. The van der Waals surface area contributed by atoms with Crippen LogP contribution in [-0.4, -0.2) is 32.6 Å². The molecule has 1 amide bonds. The van der Waals surface area contributed by atoms with Crippen LogP contribution in [0, 0.1) is 11.3 Å². The summed E-state index contributed by atoms with van der Waals surface area (Å²) in [4.78, 5) is 28.0. The van der Waals surface area contributed by atoms with Gasteiger partial charge in [0.1, 0.15) is 5.75 Å². The van der Waals surface area contributed by atoms with E-state index in [-0.39, 0.29) is 16.5 Å². The number of nitrogens with zero attached hydrogens (tertiary/aromatic N) is 2. The number of anilines is 1. The van der Waals surface area contributed by atoms with Crippen molar-refractivity contribution in [2.75, 3.05) is 25.7 Å². The van der Waals surface area contributed by atoms with E-state index in [1.165, 1.54) is 29.4 Å². The van der Waals surface area contributed by atoms with Crippen LogP contribution in [0.5, 0.6) is 5.75 Å². The number of fused-ring (bicyclic) bond motifs is 3. The summed E-state index contributed by atoms with van der Waals surface area (Å²) in [5.41, 5.74) is 3.24. The SMILES string of the molecule is COC(=O)c1ccc(N(C)C(=O)c2cc3c(s2)-c2ccc(C#N)cc2OCC3)cc1Cl. The standard InChI is InChI=1S/C23H17ClN2O4S/c1-26(15-4-6-16(18(24)11-15)23(28)29-2)22(27)20-10-14-7-8-30-19-9-13(12-25)3-5-17(19)21(14)31-20/h3-6,9-11H,7-8H2,1-2H3. The van der Waals surface area contributed by atoms with Crippen molar-refractivity contribution in [1.29, 1.82) is 5.26 Å². The Balaban J connectivity index is 1.66. The zero-order valence-electron chi connectivity index (χ0n) is 16.8. The fraction of sp³-hybridized carbons (Fsp3) is 0.174. The molecule has 0 aliphatic carbocycles. The highest BCUT2D eigenvalue weighted by Crippen LogP contribution is 2.41. The molecule has 1 aromatic heterocycles. The average molecular weight is 453 g/mol. The van der Waals surface area contributed by atoms with Crippen LogP contribution in [0.15, 0.2) is 42.5 Å². The number of ether oxygens (including phenoxy) is 2. The molecule has 3 aromatic rings. The maximum absolute atomic E-state index is 13.2. The molecule has 0 bridgehead atoms. The Morgan fingerprint density at radius 3 is 2.74 bits per heavy atom. The number of amides is 1. The lowest BCUT2D eigenvalue weighted by Crippen LogP contribution is -2.25. The molecule has 1 aliphatic rings. The van der Waals surface area contributed by atoms with Crippen molar-refractivity contribution in [1.82, 2.24) is 0 Å². The number of rotatable bonds is 3. The highest BCUT2D eigenvalue weighted by atomic mass is 35.5. The van der Waals surface area contributed by atoms with Crippen LogP contribution in [-0.2, 0) is 11.2 Å². The monoisotopic (exact) mass is 452 g/mol. The van der Waals surface area contributed by atoms with E-state index in [2.05, 4.69) is 6.07 Å². The van der Waals surface area contributed by atoms with Crippen molar-refractivity contribution >= 4 is 40.5 Å². The van der Waals surface area contributed by atoms with Gasteiger partial charge in [-0.25, -0.2) is 4.79 Å². The molecule has 0 spiro atoms. The van der Waals surface area contributed by atoms with Crippen LogP contribution >= 0.6 is 22.9 Å². The molecule has 156 valence electrons. The van der Waals surface area contributed by atoms with E-state index in [0.717, 1.165) is 16.0 Å². The van der Waals surface area contributed by atoms with E-state index < -0.39 is 5.97 Å². The van der Waals surface area contributed by atoms with Gasteiger partial charge in [-0.2, -0.15) is 5.26 Å². The van der Waals surface area contributed by atoms with Crippen LogP contribution < -0.4 is 9.64 Å². The molecule has 31 heavy (non-hydrogen) atoms. The van der Waals surface area contributed by atoms with Gasteiger partial charge in [0.15, 0.2) is 0 Å². The van der Waals surface area contributed by atoms with Crippen LogP contribution in [0.2, 0.25) is 5.02 Å². The molecule has 1 aliphatic heterocycles. The largest absolute Gasteiger partial charge is 0.493 e. The smallest absolute Gasteiger partial charge is 0.339 e. The summed E-state index contributed by atoms with van der Waals surface area (Å²) in [7, 11) is 2.94. The lowest BCUT2D eigenvalue weighted by Gasteiger charge is -2.17. The number of methoxy groups -OCH3 is 1. The number of thiophene rings is 1. The summed E-state index contributed by atoms with van der Waals surface area (Å²) in [5, 5.41) is 9.36. The van der Waals surface area contributed by atoms with E-state index in [1.807, 2.05) is 12.1 Å². The maximum atomic E-state index is 13.2. The van der Waals surface area contributed by atoms with Gasteiger partial charge < -0.3 is 14.4 Å². The molecule has 4 rings (SSSR count). The fourth-order valence-corrected chi connectivity index (χ4v) is 4.86. The molecule has 0 fully saturated rings. The summed E-state index contributed by atoms with van der Waals surface area (Å²) in [6, 6.07) is 14.1. The molecular formula is C23H17ClN2O4S. The topological polar surface area (TPSA) is 79.6 Å². The minimum atomic E-state index is -0.534. The number of carbonyl (C=O) groups excluding carboxylic acids is 2. The quantitative estimate of drug-likeness (QED) is 0.526. The van der Waals surface area contributed by atoms with Gasteiger partial charge in [-0.05, 0) is 48.0 Å². The van der Waals surface area contributed by atoms with Crippen molar-refractivity contribution < 1.29 is 19.1 Å². The second-order valence-corrected chi connectivity index (χ2v) is 8.37. The first-order valence-electron chi connectivity index (χ1n) is 9.39. The third-order valence-electron chi connectivity index (χ3n) is 5.05. The van der Waals surface area contributed by atoms with Crippen LogP contribution in [0.3, 0.4) is 0 Å². The molecule has 0 saturated heterocycles. The average Bonchev–Trinajstić information content (AvgIpc) is 3.13. The maximum Gasteiger partial charge on any atom is 0.339 e. The molecule has 8 heteroatoms. The second-order valence-electron chi connectivity index (χ2n) is 6.91. The van der Waals surface area contributed by atoms with Gasteiger partial charge in [0.05, 0.1) is 40.8 Å². The van der Waals surface area contributed by atoms with E-state index in [1.54, 1.807) is 31.3 Å². The Kier molecular flexibility index (Phi) is 5.68. The Bertz CT molecular complexity index is 1240. The number of hydrogen-bond donors (Lipinski definition) is 0. The molecule has 0 atom stereocenters. The molecule has 2 aromatic carbocycles.